The summed E-state index contributed by atoms with van der Waals surface area (Å²) in [4.78, 5) is 11.8. The third-order valence-electron chi connectivity index (χ3n) is 3.05. The van der Waals surface area contributed by atoms with Crippen LogP contribution in [-0.2, 0) is 17.6 Å². The van der Waals surface area contributed by atoms with Crippen LogP contribution >= 0.6 is 0 Å². The van der Waals surface area contributed by atoms with Crippen LogP contribution in [0.5, 0.6) is 5.75 Å². The molecule has 0 radical (unpaired) electrons. The van der Waals surface area contributed by atoms with Gasteiger partial charge in [0.15, 0.2) is 0 Å². The zero-order valence-corrected chi connectivity index (χ0v) is 12.7. The average molecular weight is 276 g/mol. The van der Waals surface area contributed by atoms with Crippen molar-refractivity contribution in [3.05, 3.63) is 41.5 Å². The monoisotopic (exact) mass is 276 g/mol. The maximum Gasteiger partial charge on any atom is 0.337 e. The molecule has 20 heavy (non-hydrogen) atoms. The van der Waals surface area contributed by atoms with Crippen LogP contribution in [0.3, 0.4) is 0 Å². The summed E-state index contributed by atoms with van der Waals surface area (Å²) in [7, 11) is 1.41. The van der Waals surface area contributed by atoms with Crippen molar-refractivity contribution in [2.75, 3.05) is 13.7 Å². The van der Waals surface area contributed by atoms with E-state index in [4.69, 9.17) is 9.47 Å². The fourth-order valence-electron chi connectivity index (χ4n) is 2.23. The molecule has 0 saturated heterocycles. The standard InChI is InChI=1S/C17H24O3/c1-5-8-13-11-15(17(18)19-4)12-14(9-6-2)16(13)20-10-7-3/h7,11-12H,3,5-6,8-10H2,1-2,4H3. The molecule has 0 fully saturated rings. The van der Waals surface area contributed by atoms with Gasteiger partial charge in [-0.3, -0.25) is 0 Å². The molecule has 0 aliphatic rings. The lowest BCUT2D eigenvalue weighted by atomic mass is 9.98. The van der Waals surface area contributed by atoms with E-state index in [0.717, 1.165) is 42.6 Å². The van der Waals surface area contributed by atoms with Crippen LogP contribution in [-0.4, -0.2) is 19.7 Å². The van der Waals surface area contributed by atoms with E-state index < -0.39 is 0 Å². The molecule has 0 amide bonds. The summed E-state index contributed by atoms with van der Waals surface area (Å²) in [5.41, 5.74) is 2.74. The average Bonchev–Trinajstić information content (AvgIpc) is 2.46. The highest BCUT2D eigenvalue weighted by Gasteiger charge is 2.15. The molecule has 0 heterocycles. The van der Waals surface area contributed by atoms with Gasteiger partial charge in [-0.25, -0.2) is 4.79 Å². The van der Waals surface area contributed by atoms with Gasteiger partial charge in [-0.2, -0.15) is 0 Å². The predicted octanol–water partition coefficient (Wildman–Crippen LogP) is 3.94. The number of methoxy groups -OCH3 is 1. The molecule has 0 aromatic heterocycles. The number of hydrogen-bond donors (Lipinski definition) is 0. The van der Waals surface area contributed by atoms with Crippen LogP contribution in [0, 0.1) is 0 Å². The summed E-state index contributed by atoms with van der Waals surface area (Å²) < 4.78 is 10.6. The Morgan fingerprint density at radius 2 is 1.75 bits per heavy atom. The van der Waals surface area contributed by atoms with Crippen molar-refractivity contribution in [1.29, 1.82) is 0 Å². The maximum absolute atomic E-state index is 11.8. The van der Waals surface area contributed by atoms with Crippen LogP contribution in [0.25, 0.3) is 0 Å². The lowest BCUT2D eigenvalue weighted by Crippen LogP contribution is -2.07. The van der Waals surface area contributed by atoms with E-state index >= 15 is 0 Å². The summed E-state index contributed by atoms with van der Waals surface area (Å²) in [6.45, 7) is 8.39. The number of benzene rings is 1. The minimum absolute atomic E-state index is 0.296. The Bertz CT molecular complexity index is 436. The van der Waals surface area contributed by atoms with Gasteiger partial charge >= 0.3 is 5.97 Å². The highest BCUT2D eigenvalue weighted by molar-refractivity contribution is 5.90. The van der Waals surface area contributed by atoms with Gasteiger partial charge in [-0.1, -0.05) is 39.3 Å². The van der Waals surface area contributed by atoms with Crippen molar-refractivity contribution in [2.24, 2.45) is 0 Å². The topological polar surface area (TPSA) is 35.5 Å². The molecule has 110 valence electrons. The van der Waals surface area contributed by atoms with Gasteiger partial charge in [0.25, 0.3) is 0 Å². The SMILES string of the molecule is C=CCOc1c(CCC)cc(C(=O)OC)cc1CCC. The molecule has 0 atom stereocenters. The van der Waals surface area contributed by atoms with Crippen LogP contribution < -0.4 is 4.74 Å². The molecule has 1 rings (SSSR count). The number of rotatable bonds is 8. The number of hydrogen-bond acceptors (Lipinski definition) is 3. The fourth-order valence-corrected chi connectivity index (χ4v) is 2.23. The molecule has 0 aliphatic carbocycles. The van der Waals surface area contributed by atoms with Crippen molar-refractivity contribution >= 4 is 5.97 Å². The summed E-state index contributed by atoms with van der Waals surface area (Å²) >= 11 is 0. The van der Waals surface area contributed by atoms with E-state index in [1.165, 1.54) is 7.11 Å². The van der Waals surface area contributed by atoms with E-state index in [2.05, 4.69) is 20.4 Å². The number of ether oxygens (including phenoxy) is 2. The van der Waals surface area contributed by atoms with Crippen molar-refractivity contribution in [1.82, 2.24) is 0 Å². The van der Waals surface area contributed by atoms with E-state index in [0.29, 0.717) is 12.2 Å². The molecule has 3 nitrogen and oxygen atoms in total. The number of aryl methyl sites for hydroxylation is 2. The van der Waals surface area contributed by atoms with E-state index in [9.17, 15) is 4.79 Å². The summed E-state index contributed by atoms with van der Waals surface area (Å²) in [5.74, 6) is 0.608. The third kappa shape index (κ3) is 4.12. The molecule has 1 aromatic rings. The first-order chi connectivity index (χ1) is 9.67. The number of carbonyl (C=O) groups excluding carboxylic acids is 1. The molecule has 0 unspecified atom stereocenters. The number of carbonyl (C=O) groups is 1. The summed E-state index contributed by atoms with van der Waals surface area (Å²) in [5, 5.41) is 0. The third-order valence-corrected chi connectivity index (χ3v) is 3.05. The van der Waals surface area contributed by atoms with E-state index in [1.807, 2.05) is 12.1 Å². The van der Waals surface area contributed by atoms with Crippen LogP contribution in [0.4, 0.5) is 0 Å². The Labute approximate surface area is 121 Å². The second kappa shape index (κ2) is 8.41. The first-order valence-corrected chi connectivity index (χ1v) is 7.15. The van der Waals surface area contributed by atoms with Gasteiger partial charge in [0.2, 0.25) is 0 Å². The van der Waals surface area contributed by atoms with Gasteiger partial charge < -0.3 is 9.47 Å². The highest BCUT2D eigenvalue weighted by atomic mass is 16.5. The van der Waals surface area contributed by atoms with Crippen molar-refractivity contribution in [2.45, 2.75) is 39.5 Å². The zero-order valence-electron chi connectivity index (χ0n) is 12.7. The lowest BCUT2D eigenvalue weighted by molar-refractivity contribution is 0.0600. The fraction of sp³-hybridized carbons (Fsp3) is 0.471. The van der Waals surface area contributed by atoms with Crippen LogP contribution in [0.1, 0.15) is 48.2 Å². The smallest absolute Gasteiger partial charge is 0.337 e. The van der Waals surface area contributed by atoms with Gasteiger partial charge in [-0.15, -0.1) is 0 Å². The Hall–Kier alpha value is -1.77. The molecule has 1 aromatic carbocycles. The quantitative estimate of drug-likeness (QED) is 0.533. The van der Waals surface area contributed by atoms with E-state index in [-0.39, 0.29) is 5.97 Å². The van der Waals surface area contributed by atoms with Gasteiger partial charge in [0.05, 0.1) is 12.7 Å². The van der Waals surface area contributed by atoms with E-state index in [1.54, 1.807) is 6.08 Å². The predicted molar refractivity (Wildman–Crippen MR) is 81.5 cm³/mol. The van der Waals surface area contributed by atoms with Crippen LogP contribution in [0.15, 0.2) is 24.8 Å². The molecular weight excluding hydrogens is 252 g/mol. The minimum atomic E-state index is -0.296. The Kier molecular flexibility index (Phi) is 6.85. The molecule has 3 heteroatoms. The van der Waals surface area contributed by atoms with Crippen molar-refractivity contribution < 1.29 is 14.3 Å². The molecule has 0 N–H and O–H groups in total. The Morgan fingerprint density at radius 3 is 2.15 bits per heavy atom. The molecule has 0 saturated carbocycles. The van der Waals surface area contributed by atoms with Crippen molar-refractivity contribution in [3.8, 4) is 5.75 Å². The maximum atomic E-state index is 11.8. The van der Waals surface area contributed by atoms with Gasteiger partial charge in [0, 0.05) is 0 Å². The molecule has 0 spiro atoms. The molecule has 0 aliphatic heterocycles. The summed E-state index contributed by atoms with van der Waals surface area (Å²) in [6.07, 6.45) is 5.50. The van der Waals surface area contributed by atoms with Crippen molar-refractivity contribution in [3.63, 3.8) is 0 Å². The first-order valence-electron chi connectivity index (χ1n) is 7.15. The minimum Gasteiger partial charge on any atom is -0.489 e. The highest BCUT2D eigenvalue weighted by Crippen LogP contribution is 2.29. The molecule has 0 bridgehead atoms. The second-order valence-electron chi connectivity index (χ2n) is 4.71. The largest absolute Gasteiger partial charge is 0.489 e. The zero-order chi connectivity index (χ0) is 15.0. The first kappa shape index (κ1) is 16.3. The molecular formula is C17H24O3. The normalized spacial score (nSPS) is 10.2. The van der Waals surface area contributed by atoms with Gasteiger partial charge in [-0.05, 0) is 36.1 Å². The lowest BCUT2D eigenvalue weighted by Gasteiger charge is -2.16. The van der Waals surface area contributed by atoms with Crippen LogP contribution in [0.2, 0.25) is 0 Å². The Balaban J connectivity index is 3.28. The second-order valence-corrected chi connectivity index (χ2v) is 4.71. The Morgan fingerprint density at radius 1 is 1.20 bits per heavy atom. The number of esters is 1. The van der Waals surface area contributed by atoms with Gasteiger partial charge in [0.1, 0.15) is 12.4 Å². The summed E-state index contributed by atoms with van der Waals surface area (Å²) in [6, 6.07) is 3.76.